The average molecular weight is 287 g/mol. The molecule has 118 valence electrons. The van der Waals surface area contributed by atoms with Crippen molar-refractivity contribution in [3.8, 4) is 0 Å². The van der Waals surface area contributed by atoms with E-state index in [1.165, 1.54) is 62.5 Å². The van der Waals surface area contributed by atoms with Crippen LogP contribution in [0, 0.1) is 5.92 Å². The molecule has 0 saturated heterocycles. The molecule has 0 heterocycles. The maximum atomic E-state index is 3.78. The monoisotopic (exact) mass is 287 g/mol. The molecule has 21 heavy (non-hydrogen) atoms. The summed E-state index contributed by atoms with van der Waals surface area (Å²) in [6, 6.07) is 9.95. The molecule has 1 saturated carbocycles. The van der Waals surface area contributed by atoms with Crippen molar-refractivity contribution >= 4 is 0 Å². The third-order valence-electron chi connectivity index (χ3n) is 5.07. The van der Waals surface area contributed by atoms with Gasteiger partial charge in [-0.1, -0.05) is 70.2 Å². The zero-order valence-corrected chi connectivity index (χ0v) is 14.0. The van der Waals surface area contributed by atoms with Crippen molar-refractivity contribution in [1.29, 1.82) is 0 Å². The highest BCUT2D eigenvalue weighted by Crippen LogP contribution is 2.26. The number of likely N-dealkylation sites (N-methyl/N-ethyl adjacent to an activating group) is 1. The quantitative estimate of drug-likeness (QED) is 0.765. The van der Waals surface area contributed by atoms with E-state index in [2.05, 4.69) is 43.4 Å². The number of hydrogen-bond acceptors (Lipinski definition) is 1. The molecule has 1 aliphatic carbocycles. The van der Waals surface area contributed by atoms with E-state index in [0.717, 1.165) is 18.9 Å². The summed E-state index contributed by atoms with van der Waals surface area (Å²) in [4.78, 5) is 0. The van der Waals surface area contributed by atoms with E-state index in [9.17, 15) is 0 Å². The molecule has 2 rings (SSSR count). The molecule has 0 aromatic heterocycles. The van der Waals surface area contributed by atoms with Gasteiger partial charge in [-0.3, -0.25) is 0 Å². The van der Waals surface area contributed by atoms with Crippen molar-refractivity contribution in [2.75, 3.05) is 6.54 Å². The molecular formula is C20H33N. The molecule has 1 fully saturated rings. The first-order chi connectivity index (χ1) is 10.3. The van der Waals surface area contributed by atoms with E-state index < -0.39 is 0 Å². The van der Waals surface area contributed by atoms with Crippen molar-refractivity contribution in [3.05, 3.63) is 35.4 Å². The normalized spacial score (nSPS) is 19.0. The first-order valence-corrected chi connectivity index (χ1v) is 9.14. The highest BCUT2D eigenvalue weighted by Gasteiger charge is 2.21. The van der Waals surface area contributed by atoms with Crippen molar-refractivity contribution in [3.63, 3.8) is 0 Å². The lowest BCUT2D eigenvalue weighted by Crippen LogP contribution is -2.38. The molecule has 1 heteroatoms. The van der Waals surface area contributed by atoms with E-state index >= 15 is 0 Å². The Bertz CT molecular complexity index is 373. The molecule has 1 N–H and O–H groups in total. The SMILES string of the molecule is CCNC(Cc1ccc(CC)cc1)C1CCCCCCC1. The molecular weight excluding hydrogens is 254 g/mol. The van der Waals surface area contributed by atoms with Gasteiger partial charge in [-0.2, -0.15) is 0 Å². The van der Waals surface area contributed by atoms with Crippen LogP contribution in [-0.2, 0) is 12.8 Å². The van der Waals surface area contributed by atoms with E-state index in [0.29, 0.717) is 6.04 Å². The van der Waals surface area contributed by atoms with Crippen LogP contribution in [0.5, 0.6) is 0 Å². The van der Waals surface area contributed by atoms with Gasteiger partial charge in [0.2, 0.25) is 0 Å². The van der Waals surface area contributed by atoms with Crippen LogP contribution in [0.1, 0.15) is 69.9 Å². The van der Waals surface area contributed by atoms with Gasteiger partial charge in [-0.25, -0.2) is 0 Å². The smallest absolute Gasteiger partial charge is 0.0136 e. The van der Waals surface area contributed by atoms with Gasteiger partial charge in [0.25, 0.3) is 0 Å². The van der Waals surface area contributed by atoms with E-state index in [1.54, 1.807) is 0 Å². The molecule has 0 amide bonds. The average Bonchev–Trinajstić information content (AvgIpc) is 2.47. The van der Waals surface area contributed by atoms with E-state index in [1.807, 2.05) is 0 Å². The lowest BCUT2D eigenvalue weighted by Gasteiger charge is -2.29. The van der Waals surface area contributed by atoms with Gasteiger partial charge in [0.1, 0.15) is 0 Å². The fourth-order valence-corrected chi connectivity index (χ4v) is 3.72. The minimum Gasteiger partial charge on any atom is -0.314 e. The highest BCUT2D eigenvalue weighted by atomic mass is 14.9. The zero-order chi connectivity index (χ0) is 14.9. The highest BCUT2D eigenvalue weighted by molar-refractivity contribution is 5.23. The Balaban J connectivity index is 1.98. The van der Waals surface area contributed by atoms with Crippen LogP contribution in [0.25, 0.3) is 0 Å². The summed E-state index contributed by atoms with van der Waals surface area (Å²) in [5, 5.41) is 3.78. The predicted octanol–water partition coefficient (Wildman–Crippen LogP) is 5.13. The number of nitrogens with one attached hydrogen (secondary N) is 1. The Morgan fingerprint density at radius 1 is 0.905 bits per heavy atom. The number of benzene rings is 1. The van der Waals surface area contributed by atoms with Crippen LogP contribution >= 0.6 is 0 Å². The Labute approximate surface area is 131 Å². The summed E-state index contributed by atoms with van der Waals surface area (Å²) in [5.41, 5.74) is 2.95. The Morgan fingerprint density at radius 2 is 1.48 bits per heavy atom. The van der Waals surface area contributed by atoms with Crippen LogP contribution in [0.3, 0.4) is 0 Å². The third kappa shape index (κ3) is 5.47. The third-order valence-corrected chi connectivity index (χ3v) is 5.07. The summed E-state index contributed by atoms with van der Waals surface area (Å²) in [6.45, 7) is 5.56. The molecule has 1 atom stereocenters. The van der Waals surface area contributed by atoms with Gasteiger partial charge < -0.3 is 5.32 Å². The zero-order valence-electron chi connectivity index (χ0n) is 14.0. The largest absolute Gasteiger partial charge is 0.314 e. The summed E-state index contributed by atoms with van der Waals surface area (Å²) >= 11 is 0. The molecule has 0 radical (unpaired) electrons. The second kappa shape index (κ2) is 9.25. The maximum Gasteiger partial charge on any atom is 0.0136 e. The number of hydrogen-bond donors (Lipinski definition) is 1. The van der Waals surface area contributed by atoms with Crippen molar-refractivity contribution in [1.82, 2.24) is 5.32 Å². The topological polar surface area (TPSA) is 12.0 Å². The maximum absolute atomic E-state index is 3.78. The molecule has 0 spiro atoms. The van der Waals surface area contributed by atoms with Crippen molar-refractivity contribution < 1.29 is 0 Å². The molecule has 1 aromatic carbocycles. The minimum absolute atomic E-state index is 0.667. The molecule has 0 aliphatic heterocycles. The summed E-state index contributed by atoms with van der Waals surface area (Å²) in [7, 11) is 0. The van der Waals surface area contributed by atoms with Crippen LogP contribution in [0.15, 0.2) is 24.3 Å². The fourth-order valence-electron chi connectivity index (χ4n) is 3.72. The predicted molar refractivity (Wildman–Crippen MR) is 92.8 cm³/mol. The second-order valence-electron chi connectivity index (χ2n) is 6.64. The van der Waals surface area contributed by atoms with Crippen molar-refractivity contribution in [2.24, 2.45) is 5.92 Å². The van der Waals surface area contributed by atoms with Crippen LogP contribution < -0.4 is 5.32 Å². The van der Waals surface area contributed by atoms with Crippen LogP contribution in [0.4, 0.5) is 0 Å². The molecule has 1 nitrogen and oxygen atoms in total. The van der Waals surface area contributed by atoms with Crippen molar-refractivity contribution in [2.45, 2.75) is 77.7 Å². The van der Waals surface area contributed by atoms with E-state index in [-0.39, 0.29) is 0 Å². The summed E-state index contributed by atoms with van der Waals surface area (Å²) < 4.78 is 0. The summed E-state index contributed by atoms with van der Waals surface area (Å²) in [5.74, 6) is 0.871. The molecule has 1 aromatic rings. The van der Waals surface area contributed by atoms with Crippen LogP contribution in [-0.4, -0.2) is 12.6 Å². The van der Waals surface area contributed by atoms with Gasteiger partial charge in [0.15, 0.2) is 0 Å². The molecule has 0 bridgehead atoms. The lowest BCUT2D eigenvalue weighted by atomic mass is 9.83. The lowest BCUT2D eigenvalue weighted by molar-refractivity contribution is 0.286. The van der Waals surface area contributed by atoms with Gasteiger partial charge >= 0.3 is 0 Å². The van der Waals surface area contributed by atoms with Crippen LogP contribution in [0.2, 0.25) is 0 Å². The van der Waals surface area contributed by atoms with Gasteiger partial charge in [0, 0.05) is 6.04 Å². The first kappa shape index (κ1) is 16.5. The Kier molecular flexibility index (Phi) is 7.29. The molecule has 1 unspecified atom stereocenters. The first-order valence-electron chi connectivity index (χ1n) is 9.14. The Morgan fingerprint density at radius 3 is 2.05 bits per heavy atom. The minimum atomic E-state index is 0.667. The van der Waals surface area contributed by atoms with E-state index in [4.69, 9.17) is 0 Å². The summed E-state index contributed by atoms with van der Waals surface area (Å²) in [6.07, 6.45) is 12.4. The van der Waals surface area contributed by atoms with Gasteiger partial charge in [-0.05, 0) is 49.3 Å². The Hall–Kier alpha value is -0.820. The standard InChI is InChI=1S/C20H33N/c1-3-17-12-14-18(15-13-17)16-20(21-4-2)19-10-8-6-5-7-9-11-19/h12-15,19-21H,3-11,16H2,1-2H3. The van der Waals surface area contributed by atoms with Gasteiger partial charge in [0.05, 0.1) is 0 Å². The van der Waals surface area contributed by atoms with Gasteiger partial charge in [-0.15, -0.1) is 0 Å². The second-order valence-corrected chi connectivity index (χ2v) is 6.64. The fraction of sp³-hybridized carbons (Fsp3) is 0.700. The number of aryl methyl sites for hydroxylation is 1. The number of rotatable bonds is 6. The molecule has 1 aliphatic rings.